The van der Waals surface area contributed by atoms with Gasteiger partial charge in [-0.3, -0.25) is 4.98 Å². The molecule has 4 aromatic rings. The maximum absolute atomic E-state index is 6.31. The minimum absolute atomic E-state index is 0.0441. The molecule has 1 fully saturated rings. The summed E-state index contributed by atoms with van der Waals surface area (Å²) in [5.74, 6) is 0.682. The van der Waals surface area contributed by atoms with Crippen molar-refractivity contribution in [1.29, 1.82) is 0 Å². The fraction of sp³-hybridized carbons (Fsp3) is 0.545. The van der Waals surface area contributed by atoms with Crippen LogP contribution in [-0.4, -0.2) is 52.5 Å². The van der Waals surface area contributed by atoms with E-state index in [1.54, 1.807) is 12.5 Å². The molecule has 1 aliphatic rings. The minimum atomic E-state index is -2.31. The summed E-state index contributed by atoms with van der Waals surface area (Å²) in [5.41, 5.74) is 4.32. The Labute approximate surface area is 260 Å². The van der Waals surface area contributed by atoms with E-state index in [-0.39, 0.29) is 12.1 Å². The number of oxazole rings is 2. The molecule has 9 heteroatoms. The van der Waals surface area contributed by atoms with Crippen molar-refractivity contribution in [1.82, 2.24) is 25.6 Å². The summed E-state index contributed by atoms with van der Waals surface area (Å²) < 4.78 is 17.4. The average molecular weight is 701 g/mol. The first-order valence-corrected chi connectivity index (χ1v) is 23.7. The summed E-state index contributed by atoms with van der Waals surface area (Å²) >= 11 is 4.00. The number of hydrogen-bond acceptors (Lipinski definition) is 7. The van der Waals surface area contributed by atoms with Crippen LogP contribution in [-0.2, 0) is 0 Å². The molecular formula is C33H48ClN5O2Sn. The Kier molecular flexibility index (Phi) is 12.7. The summed E-state index contributed by atoms with van der Waals surface area (Å²) in [6, 6.07) is 7.98. The maximum atomic E-state index is 6.31. The van der Waals surface area contributed by atoms with Crippen LogP contribution < -0.4 is 14.5 Å². The second-order valence-electron chi connectivity index (χ2n) is 11.6. The third-order valence-electron chi connectivity index (χ3n) is 8.37. The molecule has 0 aliphatic carbocycles. The number of fused-ring (bicyclic) bond motifs is 1. The van der Waals surface area contributed by atoms with Gasteiger partial charge in [-0.05, 0) is 37.6 Å². The molecule has 4 heterocycles. The number of rotatable bonds is 12. The van der Waals surface area contributed by atoms with E-state index < -0.39 is 18.4 Å². The predicted octanol–water partition coefficient (Wildman–Crippen LogP) is 8.20. The zero-order valence-corrected chi connectivity index (χ0v) is 29.6. The molecular weight excluding hydrogens is 653 g/mol. The first-order valence-electron chi connectivity index (χ1n) is 15.8. The molecule has 5 rings (SSSR count). The maximum Gasteiger partial charge on any atom is 0.214 e. The van der Waals surface area contributed by atoms with Gasteiger partial charge >= 0.3 is 117 Å². The first-order chi connectivity index (χ1) is 20.4. The van der Waals surface area contributed by atoms with Crippen LogP contribution in [0.5, 0.6) is 0 Å². The number of aryl methyl sites for hydroxylation is 1. The standard InChI is InChI=1S/C18H19ClN4O.3C4H9.C3H2NO.Sn/c1-10-4-3-5-21-15(10)13-8-12(19)9-14-17(13)24-18(23-14)16-11(2)20-6-7-22-16;3*1-3-4-2;1-2-5-3-4-1;/h3-5,8-9,11,16,20,22H,6-7H2,1-2H3;3*1,3-4H2,2H3;1-2H;. The number of hydrogen-bond donors (Lipinski definition) is 2. The van der Waals surface area contributed by atoms with Crippen molar-refractivity contribution in [3.63, 3.8) is 0 Å². The van der Waals surface area contributed by atoms with E-state index in [9.17, 15) is 0 Å². The van der Waals surface area contributed by atoms with Gasteiger partial charge in [-0.15, -0.1) is 0 Å². The summed E-state index contributed by atoms with van der Waals surface area (Å²) in [6.45, 7) is 12.9. The van der Waals surface area contributed by atoms with E-state index in [2.05, 4.69) is 53.3 Å². The van der Waals surface area contributed by atoms with Crippen LogP contribution in [0.3, 0.4) is 0 Å². The molecule has 3 aromatic heterocycles. The molecule has 7 nitrogen and oxygen atoms in total. The van der Waals surface area contributed by atoms with Gasteiger partial charge in [0, 0.05) is 35.9 Å². The second kappa shape index (κ2) is 16.2. The van der Waals surface area contributed by atoms with Gasteiger partial charge in [0.2, 0.25) is 5.89 Å². The minimum Gasteiger partial charge on any atom is -0.438 e. The smallest absolute Gasteiger partial charge is 0.214 e. The molecule has 2 unspecified atom stereocenters. The average Bonchev–Trinajstić information content (AvgIpc) is 3.69. The molecule has 2 atom stereocenters. The Balaban J connectivity index is 0.000000202. The summed E-state index contributed by atoms with van der Waals surface area (Å²) in [5, 5.41) is 7.53. The molecule has 0 radical (unpaired) electrons. The number of pyridine rings is 1. The van der Waals surface area contributed by atoms with Gasteiger partial charge in [-0.1, -0.05) is 17.7 Å². The third-order valence-corrected chi connectivity index (χ3v) is 23.1. The topological polar surface area (TPSA) is 89.0 Å². The van der Waals surface area contributed by atoms with Gasteiger partial charge in [0.25, 0.3) is 0 Å². The zero-order chi connectivity index (χ0) is 30.0. The van der Waals surface area contributed by atoms with Crippen molar-refractivity contribution in [3.05, 3.63) is 59.4 Å². The number of halogens is 1. The number of nitrogens with zero attached hydrogens (tertiary/aromatic N) is 3. The van der Waals surface area contributed by atoms with Crippen LogP contribution in [0, 0.1) is 6.92 Å². The number of nitrogens with one attached hydrogen (secondary N) is 2. The van der Waals surface area contributed by atoms with Crippen molar-refractivity contribution < 1.29 is 8.83 Å². The normalized spacial score (nSPS) is 17.3. The van der Waals surface area contributed by atoms with Crippen molar-refractivity contribution in [2.75, 3.05) is 13.1 Å². The number of aromatic nitrogens is 3. The Bertz CT molecular complexity index is 1350. The molecule has 2 N–H and O–H groups in total. The van der Waals surface area contributed by atoms with Crippen molar-refractivity contribution in [2.45, 2.75) is 98.5 Å². The SMILES string of the molecule is CCC[CH2][Sn]([CH2]CCC)([CH2]CCC)[c]1ncco1.Cc1cccnc1-c1cc(Cl)cc2nc(C3NCCNC3C)oc12. The van der Waals surface area contributed by atoms with Gasteiger partial charge in [-0.2, -0.15) is 0 Å². The Morgan fingerprint density at radius 3 is 2.24 bits per heavy atom. The predicted molar refractivity (Wildman–Crippen MR) is 176 cm³/mol. The van der Waals surface area contributed by atoms with Crippen molar-refractivity contribution >= 4 is 45.0 Å². The Morgan fingerprint density at radius 1 is 0.952 bits per heavy atom. The molecule has 42 heavy (non-hydrogen) atoms. The fourth-order valence-electron chi connectivity index (χ4n) is 5.94. The Hall–Kier alpha value is -1.94. The number of benzene rings is 1. The Morgan fingerprint density at radius 2 is 1.64 bits per heavy atom. The second-order valence-corrected chi connectivity index (χ2v) is 24.9. The molecule has 228 valence electrons. The quantitative estimate of drug-likeness (QED) is 0.144. The van der Waals surface area contributed by atoms with Crippen LogP contribution in [0.15, 0.2) is 51.8 Å². The van der Waals surface area contributed by atoms with Crippen LogP contribution in [0.4, 0.5) is 0 Å². The summed E-state index contributed by atoms with van der Waals surface area (Å²) in [7, 11) is 0. The van der Waals surface area contributed by atoms with Crippen LogP contribution in [0.2, 0.25) is 18.3 Å². The molecule has 1 saturated heterocycles. The van der Waals surface area contributed by atoms with Crippen LogP contribution in [0.1, 0.15) is 83.7 Å². The van der Waals surface area contributed by atoms with Crippen molar-refractivity contribution in [2.24, 2.45) is 0 Å². The molecule has 1 aromatic carbocycles. The molecule has 0 amide bonds. The van der Waals surface area contributed by atoms with E-state index in [1.165, 1.54) is 55.7 Å². The van der Waals surface area contributed by atoms with E-state index in [1.807, 2.05) is 37.4 Å². The molecule has 1 aliphatic heterocycles. The van der Waals surface area contributed by atoms with Crippen LogP contribution in [0.25, 0.3) is 22.4 Å². The van der Waals surface area contributed by atoms with E-state index in [0.717, 1.165) is 41.0 Å². The van der Waals surface area contributed by atoms with Gasteiger partial charge in [-0.25, -0.2) is 4.98 Å². The van der Waals surface area contributed by atoms with E-state index in [4.69, 9.17) is 20.4 Å². The van der Waals surface area contributed by atoms with Crippen molar-refractivity contribution in [3.8, 4) is 11.3 Å². The zero-order valence-electron chi connectivity index (χ0n) is 26.0. The number of unbranched alkanes of at least 4 members (excludes halogenated alkanes) is 3. The van der Waals surface area contributed by atoms with Gasteiger partial charge < -0.3 is 15.1 Å². The molecule has 0 spiro atoms. The van der Waals surface area contributed by atoms with Gasteiger partial charge in [0.1, 0.15) is 5.52 Å². The number of piperazine rings is 1. The van der Waals surface area contributed by atoms with E-state index >= 15 is 0 Å². The summed E-state index contributed by atoms with van der Waals surface area (Å²) in [4.78, 5) is 13.8. The molecule has 0 bridgehead atoms. The largest absolute Gasteiger partial charge is 0.438 e. The first kappa shape index (κ1) is 33.0. The third kappa shape index (κ3) is 8.15. The van der Waals surface area contributed by atoms with Crippen LogP contribution >= 0.6 is 11.6 Å². The van der Waals surface area contributed by atoms with Gasteiger partial charge in [0.15, 0.2) is 5.58 Å². The monoisotopic (exact) mass is 701 g/mol. The van der Waals surface area contributed by atoms with E-state index in [0.29, 0.717) is 10.9 Å². The molecule has 0 saturated carbocycles. The fourth-order valence-corrected chi connectivity index (χ4v) is 20.9. The van der Waals surface area contributed by atoms with Gasteiger partial charge in [0.05, 0.1) is 11.7 Å². The summed E-state index contributed by atoms with van der Waals surface area (Å²) in [6.07, 6.45) is 13.4.